The zero-order chi connectivity index (χ0) is 20.2. The van der Waals surface area contributed by atoms with Gasteiger partial charge < -0.3 is 19.9 Å². The summed E-state index contributed by atoms with van der Waals surface area (Å²) in [6, 6.07) is 15.4. The molecule has 2 N–H and O–H groups in total. The predicted octanol–water partition coefficient (Wildman–Crippen LogP) is 4.18. The van der Waals surface area contributed by atoms with E-state index in [0.717, 1.165) is 36.1 Å². The van der Waals surface area contributed by atoms with Crippen LogP contribution in [0.25, 0.3) is 0 Å². The molecule has 0 heterocycles. The summed E-state index contributed by atoms with van der Waals surface area (Å²) >= 11 is 0. The Balaban J connectivity index is 1.82. The highest BCUT2D eigenvalue weighted by molar-refractivity contribution is 5.80. The van der Waals surface area contributed by atoms with Crippen molar-refractivity contribution in [1.29, 1.82) is 0 Å². The lowest BCUT2D eigenvalue weighted by Gasteiger charge is -2.15. The second kappa shape index (κ2) is 11.6. The maximum Gasteiger partial charge on any atom is 0.408 e. The first kappa shape index (κ1) is 21.3. The van der Waals surface area contributed by atoms with Crippen LogP contribution < -0.4 is 10.1 Å². The minimum atomic E-state index is -1.11. The van der Waals surface area contributed by atoms with Gasteiger partial charge in [0.15, 0.2) is 0 Å². The first-order valence-corrected chi connectivity index (χ1v) is 9.50. The van der Waals surface area contributed by atoms with E-state index in [9.17, 15) is 14.7 Å². The van der Waals surface area contributed by atoms with E-state index in [4.69, 9.17) is 9.47 Å². The van der Waals surface area contributed by atoms with Crippen LogP contribution >= 0.6 is 0 Å². The summed E-state index contributed by atoms with van der Waals surface area (Å²) in [5.74, 6) is -0.362. The molecule has 0 saturated carbocycles. The third-order valence-corrected chi connectivity index (χ3v) is 4.18. The molecule has 6 nitrogen and oxygen atoms in total. The third kappa shape index (κ3) is 7.70. The van der Waals surface area contributed by atoms with Crippen molar-refractivity contribution in [1.82, 2.24) is 5.32 Å². The number of unbranched alkanes of at least 4 members (excludes halogenated alkanes) is 2. The van der Waals surface area contributed by atoms with Crippen LogP contribution in [0.3, 0.4) is 0 Å². The van der Waals surface area contributed by atoms with Crippen LogP contribution in [0, 0.1) is 0 Å². The quantitative estimate of drug-likeness (QED) is 0.567. The van der Waals surface area contributed by atoms with E-state index in [1.54, 1.807) is 0 Å². The van der Waals surface area contributed by atoms with Crippen molar-refractivity contribution in [2.75, 3.05) is 6.61 Å². The molecule has 0 fully saturated rings. The molecule has 0 unspecified atom stereocenters. The van der Waals surface area contributed by atoms with Crippen LogP contribution in [0.5, 0.6) is 5.75 Å². The van der Waals surface area contributed by atoms with E-state index in [0.29, 0.717) is 6.61 Å². The van der Waals surface area contributed by atoms with Gasteiger partial charge in [0.2, 0.25) is 0 Å². The number of hydrogen-bond acceptors (Lipinski definition) is 4. The number of aliphatic carboxylic acids is 1. The van der Waals surface area contributed by atoms with Crippen LogP contribution in [0.1, 0.15) is 37.3 Å². The molecular weight excluding hydrogens is 358 g/mol. The number of hydrogen-bond donors (Lipinski definition) is 2. The van der Waals surface area contributed by atoms with Crippen LogP contribution in [-0.4, -0.2) is 29.8 Å². The summed E-state index contributed by atoms with van der Waals surface area (Å²) in [6.07, 6.45) is 2.68. The summed E-state index contributed by atoms with van der Waals surface area (Å²) in [6.45, 7) is 2.89. The molecule has 0 aliphatic rings. The number of carboxylic acid groups (broad SMARTS) is 1. The van der Waals surface area contributed by atoms with Crippen molar-refractivity contribution in [3.05, 3.63) is 65.7 Å². The number of nitrogens with one attached hydrogen (secondary N) is 1. The smallest absolute Gasteiger partial charge is 0.408 e. The lowest BCUT2D eigenvalue weighted by molar-refractivity contribution is -0.139. The Kier molecular flexibility index (Phi) is 8.85. The van der Waals surface area contributed by atoms with Crippen molar-refractivity contribution >= 4 is 12.1 Å². The molecule has 6 heteroatoms. The molecule has 0 aliphatic carbocycles. The number of rotatable bonds is 11. The van der Waals surface area contributed by atoms with Crippen molar-refractivity contribution < 1.29 is 24.2 Å². The highest BCUT2D eigenvalue weighted by atomic mass is 16.5. The number of ether oxygens (including phenoxy) is 2. The fraction of sp³-hybridized carbons (Fsp3) is 0.364. The van der Waals surface area contributed by atoms with Crippen molar-refractivity contribution in [2.45, 2.75) is 45.3 Å². The zero-order valence-corrected chi connectivity index (χ0v) is 16.1. The van der Waals surface area contributed by atoms with Gasteiger partial charge >= 0.3 is 12.1 Å². The Bertz CT molecular complexity index is 730. The third-order valence-electron chi connectivity index (χ3n) is 4.18. The first-order valence-electron chi connectivity index (χ1n) is 9.50. The summed E-state index contributed by atoms with van der Waals surface area (Å²) in [7, 11) is 0. The maximum absolute atomic E-state index is 11.9. The summed E-state index contributed by atoms with van der Waals surface area (Å²) in [5, 5.41) is 11.8. The van der Waals surface area contributed by atoms with Crippen molar-refractivity contribution in [2.24, 2.45) is 0 Å². The molecule has 2 rings (SSSR count). The molecular formula is C22H27NO5. The van der Waals surface area contributed by atoms with Crippen LogP contribution in [0.15, 0.2) is 54.6 Å². The fourth-order valence-corrected chi connectivity index (χ4v) is 2.61. The Morgan fingerprint density at radius 2 is 1.71 bits per heavy atom. The lowest BCUT2D eigenvalue weighted by Crippen LogP contribution is -2.42. The second-order valence-electron chi connectivity index (χ2n) is 6.50. The van der Waals surface area contributed by atoms with E-state index < -0.39 is 18.1 Å². The molecule has 0 aliphatic heterocycles. The molecule has 0 aromatic heterocycles. The van der Waals surface area contributed by atoms with Gasteiger partial charge in [-0.05, 0) is 29.7 Å². The fourth-order valence-electron chi connectivity index (χ4n) is 2.61. The molecule has 150 valence electrons. The zero-order valence-electron chi connectivity index (χ0n) is 16.1. The first-order chi connectivity index (χ1) is 13.6. The summed E-state index contributed by atoms with van der Waals surface area (Å²) in [5.41, 5.74) is 1.62. The molecule has 1 atom stereocenters. The number of amides is 1. The van der Waals surface area contributed by atoms with E-state index in [1.807, 2.05) is 54.6 Å². The summed E-state index contributed by atoms with van der Waals surface area (Å²) in [4.78, 5) is 23.4. The Hall–Kier alpha value is -3.02. The second-order valence-corrected chi connectivity index (χ2v) is 6.50. The Labute approximate surface area is 165 Å². The molecule has 2 aromatic carbocycles. The number of carbonyl (C=O) groups excluding carboxylic acids is 1. The van der Waals surface area contributed by atoms with Gasteiger partial charge in [0.1, 0.15) is 18.4 Å². The maximum atomic E-state index is 11.9. The van der Waals surface area contributed by atoms with Crippen molar-refractivity contribution in [3.63, 3.8) is 0 Å². The monoisotopic (exact) mass is 385 g/mol. The Morgan fingerprint density at radius 3 is 2.36 bits per heavy atom. The minimum absolute atomic E-state index is 0.0864. The molecule has 0 bridgehead atoms. The predicted molar refractivity (Wildman–Crippen MR) is 106 cm³/mol. The number of carbonyl (C=O) groups is 2. The van der Waals surface area contributed by atoms with Gasteiger partial charge in [0.25, 0.3) is 0 Å². The highest BCUT2D eigenvalue weighted by Crippen LogP contribution is 2.14. The van der Waals surface area contributed by atoms with Gasteiger partial charge in [0.05, 0.1) is 6.61 Å². The van der Waals surface area contributed by atoms with Crippen LogP contribution in [0.4, 0.5) is 4.79 Å². The average Bonchev–Trinajstić information content (AvgIpc) is 2.71. The van der Waals surface area contributed by atoms with Crippen LogP contribution in [0.2, 0.25) is 0 Å². The van der Waals surface area contributed by atoms with E-state index >= 15 is 0 Å². The number of benzene rings is 2. The lowest BCUT2D eigenvalue weighted by atomic mass is 10.1. The van der Waals surface area contributed by atoms with E-state index in [1.165, 1.54) is 0 Å². The molecule has 28 heavy (non-hydrogen) atoms. The molecule has 1 amide bonds. The van der Waals surface area contributed by atoms with Gasteiger partial charge in [-0.15, -0.1) is 0 Å². The van der Waals surface area contributed by atoms with E-state index in [2.05, 4.69) is 12.2 Å². The molecule has 0 saturated heterocycles. The molecule has 0 spiro atoms. The standard InChI is InChI=1S/C22H27NO5/c1-2-3-7-14-27-19-12-10-17(11-13-19)15-20(21(24)25)23-22(26)28-16-18-8-5-4-6-9-18/h4-6,8-13,20H,2-3,7,14-16H2,1H3,(H,23,26)(H,24,25)/t20-/m0/s1. The number of carboxylic acids is 1. The van der Waals surface area contributed by atoms with Gasteiger partial charge in [-0.2, -0.15) is 0 Å². The van der Waals surface area contributed by atoms with Gasteiger partial charge in [0, 0.05) is 6.42 Å². The molecule has 0 radical (unpaired) electrons. The Morgan fingerprint density at radius 1 is 1.00 bits per heavy atom. The van der Waals surface area contributed by atoms with E-state index in [-0.39, 0.29) is 13.0 Å². The normalized spacial score (nSPS) is 11.5. The minimum Gasteiger partial charge on any atom is -0.494 e. The summed E-state index contributed by atoms with van der Waals surface area (Å²) < 4.78 is 10.7. The van der Waals surface area contributed by atoms with Crippen molar-refractivity contribution in [3.8, 4) is 5.75 Å². The SMILES string of the molecule is CCCCCOc1ccc(C[C@H](NC(=O)OCc2ccccc2)C(=O)O)cc1. The average molecular weight is 385 g/mol. The van der Waals surface area contributed by atoms with Gasteiger partial charge in [-0.25, -0.2) is 9.59 Å². The van der Waals surface area contributed by atoms with Gasteiger partial charge in [-0.3, -0.25) is 0 Å². The largest absolute Gasteiger partial charge is 0.494 e. The highest BCUT2D eigenvalue weighted by Gasteiger charge is 2.21. The van der Waals surface area contributed by atoms with Crippen LogP contribution in [-0.2, 0) is 22.6 Å². The molecule has 2 aromatic rings. The number of alkyl carbamates (subject to hydrolysis) is 1. The topological polar surface area (TPSA) is 84.9 Å². The van der Waals surface area contributed by atoms with Gasteiger partial charge in [-0.1, -0.05) is 62.2 Å².